The van der Waals surface area contributed by atoms with Crippen LogP contribution < -0.4 is 0 Å². The Hall–Kier alpha value is -2.41. The molecule has 0 bridgehead atoms. The Bertz CT molecular complexity index is 1100. The molecule has 0 spiro atoms. The lowest BCUT2D eigenvalue weighted by molar-refractivity contribution is -0.133. The Morgan fingerprint density at radius 1 is 1.10 bits per heavy atom. The van der Waals surface area contributed by atoms with Crippen LogP contribution in [0.1, 0.15) is 130 Å². The molecule has 0 radical (unpaired) electrons. The van der Waals surface area contributed by atoms with Gasteiger partial charge < -0.3 is 19.6 Å². The summed E-state index contributed by atoms with van der Waals surface area (Å²) in [5.74, 6) is 0.563. The third kappa shape index (κ3) is 8.15. The van der Waals surface area contributed by atoms with Crippen molar-refractivity contribution < 1.29 is 19.4 Å². The van der Waals surface area contributed by atoms with Gasteiger partial charge in [0.25, 0.3) is 5.91 Å². The number of carbonyl (C=O) groups excluding carboxylic acids is 1. The molecular formula is C35H57N3O4. The Morgan fingerprint density at radius 2 is 1.74 bits per heavy atom. The first-order valence-corrected chi connectivity index (χ1v) is 16.1. The second kappa shape index (κ2) is 13.5. The number of ether oxygens (including phenoxy) is 1. The maximum atomic E-state index is 14.8. The fourth-order valence-electron chi connectivity index (χ4n) is 6.23. The van der Waals surface area contributed by atoms with E-state index in [9.17, 15) is 14.7 Å². The molecule has 0 aromatic heterocycles. The Morgan fingerprint density at radius 3 is 2.26 bits per heavy atom. The van der Waals surface area contributed by atoms with E-state index < -0.39 is 11.6 Å². The predicted octanol–water partition coefficient (Wildman–Crippen LogP) is 7.81. The van der Waals surface area contributed by atoms with Crippen LogP contribution in [0, 0.1) is 22.7 Å². The van der Waals surface area contributed by atoms with Crippen molar-refractivity contribution in [3.63, 3.8) is 0 Å². The van der Waals surface area contributed by atoms with E-state index in [4.69, 9.17) is 9.73 Å². The van der Waals surface area contributed by atoms with Crippen molar-refractivity contribution in [3.8, 4) is 0 Å². The van der Waals surface area contributed by atoms with Crippen molar-refractivity contribution in [2.45, 2.75) is 126 Å². The average Bonchev–Trinajstić information content (AvgIpc) is 3.18. The fourth-order valence-corrected chi connectivity index (χ4v) is 6.23. The Labute approximate surface area is 255 Å². The number of rotatable bonds is 11. The second-order valence-electron chi connectivity index (χ2n) is 15.3. The summed E-state index contributed by atoms with van der Waals surface area (Å²) >= 11 is 0. The van der Waals surface area contributed by atoms with Gasteiger partial charge in [0.2, 0.25) is 0 Å². The van der Waals surface area contributed by atoms with Crippen molar-refractivity contribution in [3.05, 3.63) is 35.4 Å². The van der Waals surface area contributed by atoms with Crippen molar-refractivity contribution in [1.82, 2.24) is 9.80 Å². The predicted molar refractivity (Wildman–Crippen MR) is 171 cm³/mol. The maximum Gasteiger partial charge on any atom is 0.335 e. The number of carboxylic acids is 1. The highest BCUT2D eigenvalue weighted by Crippen LogP contribution is 2.45. The average molecular weight is 584 g/mol. The van der Waals surface area contributed by atoms with Gasteiger partial charge in [0, 0.05) is 6.54 Å². The molecule has 3 rings (SSSR count). The summed E-state index contributed by atoms with van der Waals surface area (Å²) in [6, 6.07) is 7.04. The number of carbonyl (C=O) groups is 2. The van der Waals surface area contributed by atoms with E-state index in [-0.39, 0.29) is 34.4 Å². The molecule has 1 aromatic carbocycles. The molecule has 2 aliphatic rings. The summed E-state index contributed by atoms with van der Waals surface area (Å²) in [6.07, 6.45) is 5.10. The first kappa shape index (κ1) is 34.1. The molecule has 4 atom stereocenters. The molecule has 2 heterocycles. The van der Waals surface area contributed by atoms with Crippen molar-refractivity contribution in [1.29, 1.82) is 0 Å². The van der Waals surface area contributed by atoms with Gasteiger partial charge in [-0.15, -0.1) is 0 Å². The molecule has 1 fully saturated rings. The van der Waals surface area contributed by atoms with Gasteiger partial charge >= 0.3 is 5.97 Å². The Kier molecular flexibility index (Phi) is 10.9. The van der Waals surface area contributed by atoms with Crippen molar-refractivity contribution >= 4 is 17.7 Å². The van der Waals surface area contributed by atoms with Crippen LogP contribution in [-0.4, -0.2) is 64.1 Å². The summed E-state index contributed by atoms with van der Waals surface area (Å²) in [6.45, 7) is 24.3. The molecule has 1 amide bonds. The lowest BCUT2D eigenvalue weighted by atomic mass is 9.77. The molecule has 1 N–H and O–H groups in total. The van der Waals surface area contributed by atoms with E-state index in [2.05, 4.69) is 79.0 Å². The number of aliphatic imine (C=N–C) groups is 1. The zero-order valence-electron chi connectivity index (χ0n) is 28.0. The highest BCUT2D eigenvalue weighted by Gasteiger charge is 2.51. The van der Waals surface area contributed by atoms with Gasteiger partial charge in [0.1, 0.15) is 5.66 Å². The van der Waals surface area contributed by atoms with Crippen LogP contribution in [-0.2, 0) is 9.53 Å². The van der Waals surface area contributed by atoms with Gasteiger partial charge in [0.05, 0.1) is 30.9 Å². The highest BCUT2D eigenvalue weighted by molar-refractivity contribution is 6.39. The fraction of sp³-hybridized carbons (Fsp3) is 0.743. The van der Waals surface area contributed by atoms with Crippen LogP contribution in [0.15, 0.2) is 29.3 Å². The van der Waals surface area contributed by atoms with Crippen molar-refractivity contribution in [2.24, 2.45) is 27.7 Å². The van der Waals surface area contributed by atoms with E-state index in [0.717, 1.165) is 44.1 Å². The monoisotopic (exact) mass is 583 g/mol. The van der Waals surface area contributed by atoms with Crippen molar-refractivity contribution in [2.75, 3.05) is 19.8 Å². The van der Waals surface area contributed by atoms with E-state index >= 15 is 0 Å². The SMILES string of the molecule is CCC1(CCC(C)C(C)(C)C)N=C(N2CCOCC2CC(C)C)C(=O)N1[C@H](CCC(C)(C)C)c1ccc(C(=O)O)cc1. The molecule has 1 aromatic rings. The summed E-state index contributed by atoms with van der Waals surface area (Å²) in [5.41, 5.74) is 0.786. The van der Waals surface area contributed by atoms with Crippen LogP contribution in [0.5, 0.6) is 0 Å². The third-order valence-corrected chi connectivity index (χ3v) is 9.46. The lowest BCUT2D eigenvalue weighted by Gasteiger charge is -2.43. The molecule has 2 aliphatic heterocycles. The molecule has 236 valence electrons. The normalized spacial score (nSPS) is 23.4. The van der Waals surface area contributed by atoms with Crippen LogP contribution >= 0.6 is 0 Å². The van der Waals surface area contributed by atoms with Gasteiger partial charge in [-0.1, -0.05) is 81.4 Å². The minimum Gasteiger partial charge on any atom is -0.478 e. The molecule has 0 saturated carbocycles. The molecule has 7 nitrogen and oxygen atoms in total. The summed E-state index contributed by atoms with van der Waals surface area (Å²) < 4.78 is 5.88. The zero-order chi connectivity index (χ0) is 31.5. The molecule has 0 aliphatic carbocycles. The first-order chi connectivity index (χ1) is 19.5. The summed E-state index contributed by atoms with van der Waals surface area (Å²) in [7, 11) is 0. The van der Waals surface area contributed by atoms with E-state index in [0.29, 0.717) is 37.4 Å². The first-order valence-electron chi connectivity index (χ1n) is 16.1. The molecule has 7 heteroatoms. The number of amides is 1. The number of aromatic carboxylic acids is 1. The number of benzene rings is 1. The number of morpholine rings is 1. The van der Waals surface area contributed by atoms with Crippen LogP contribution in [0.3, 0.4) is 0 Å². The number of nitrogens with zero attached hydrogens (tertiary/aromatic N) is 3. The summed E-state index contributed by atoms with van der Waals surface area (Å²) in [5, 5.41) is 9.55. The van der Waals surface area contributed by atoms with E-state index in [1.165, 1.54) is 0 Å². The lowest BCUT2D eigenvalue weighted by Crippen LogP contribution is -2.54. The quantitative estimate of drug-likeness (QED) is 0.287. The highest BCUT2D eigenvalue weighted by atomic mass is 16.5. The van der Waals surface area contributed by atoms with Gasteiger partial charge in [-0.3, -0.25) is 4.79 Å². The van der Waals surface area contributed by atoms with E-state index in [1.54, 1.807) is 12.1 Å². The minimum atomic E-state index is -0.946. The topological polar surface area (TPSA) is 82.4 Å². The third-order valence-electron chi connectivity index (χ3n) is 9.46. The maximum absolute atomic E-state index is 14.8. The molecule has 3 unspecified atom stereocenters. The number of amidine groups is 1. The minimum absolute atomic E-state index is 0.00265. The van der Waals surface area contributed by atoms with Gasteiger partial charge in [0.15, 0.2) is 5.84 Å². The largest absolute Gasteiger partial charge is 0.478 e. The summed E-state index contributed by atoms with van der Waals surface area (Å²) in [4.78, 5) is 36.2. The Balaban J connectivity index is 2.14. The zero-order valence-corrected chi connectivity index (χ0v) is 28.0. The molecule has 42 heavy (non-hydrogen) atoms. The standard InChI is InChI=1S/C35H57N3O4/c1-11-35(19-16-25(4)34(8,9)10)36-30(37-20-21-42-23-28(37)22-24(2)3)31(39)38(35)29(17-18-33(5,6)7)26-12-14-27(15-13-26)32(40)41/h12-15,24-25,28-29H,11,16-23H2,1-10H3,(H,40,41)/t25?,28?,29-,35?/m1/s1. The van der Waals surface area contributed by atoms with Crippen LogP contribution in [0.2, 0.25) is 0 Å². The van der Waals surface area contributed by atoms with Gasteiger partial charge in [-0.25, -0.2) is 9.79 Å². The van der Waals surface area contributed by atoms with Gasteiger partial charge in [-0.2, -0.15) is 0 Å². The molecular weight excluding hydrogens is 526 g/mol. The number of hydrogen-bond acceptors (Lipinski definition) is 5. The smallest absolute Gasteiger partial charge is 0.335 e. The number of carboxylic acid groups (broad SMARTS) is 1. The van der Waals surface area contributed by atoms with Gasteiger partial charge in [-0.05, 0) is 78.9 Å². The van der Waals surface area contributed by atoms with Crippen LogP contribution in [0.4, 0.5) is 0 Å². The second-order valence-corrected chi connectivity index (χ2v) is 15.3. The van der Waals surface area contributed by atoms with Crippen LogP contribution in [0.25, 0.3) is 0 Å². The van der Waals surface area contributed by atoms with E-state index in [1.807, 2.05) is 12.1 Å². The molecule has 1 saturated heterocycles. The number of hydrogen-bond donors (Lipinski definition) is 1.